The number of aliphatic hydroxyl groups is 1. The lowest BCUT2D eigenvalue weighted by Crippen LogP contribution is -2.42. The van der Waals surface area contributed by atoms with Crippen LogP contribution in [0.3, 0.4) is 0 Å². The second-order valence-corrected chi connectivity index (χ2v) is 6.13. The van der Waals surface area contributed by atoms with Gasteiger partial charge in [0.05, 0.1) is 12.6 Å². The molecule has 3 N–H and O–H groups in total. The second-order valence-electron chi connectivity index (χ2n) is 6.13. The standard InChI is InChI=1S/C18H29N3O2/c1-3-21(4-2)11-10-17(13-22)20-18(23)19-16-9-8-14-6-5-7-15(14)12-16/h8-9,12,17,22H,3-7,10-11,13H2,1-2H3,(H2,19,20,23)/t17-/m1/s1. The van der Waals surface area contributed by atoms with Gasteiger partial charge >= 0.3 is 6.03 Å². The lowest BCUT2D eigenvalue weighted by Gasteiger charge is -2.22. The minimum absolute atomic E-state index is 0.0428. The molecule has 1 aliphatic carbocycles. The molecule has 0 aromatic heterocycles. The number of benzene rings is 1. The molecule has 1 atom stereocenters. The summed E-state index contributed by atoms with van der Waals surface area (Å²) < 4.78 is 0. The normalized spacial score (nSPS) is 14.6. The van der Waals surface area contributed by atoms with Crippen LogP contribution < -0.4 is 10.6 Å². The van der Waals surface area contributed by atoms with E-state index in [1.807, 2.05) is 6.07 Å². The number of rotatable bonds is 8. The number of anilines is 1. The number of fused-ring (bicyclic) bond motifs is 1. The number of nitrogens with zero attached hydrogens (tertiary/aromatic N) is 1. The average molecular weight is 319 g/mol. The lowest BCUT2D eigenvalue weighted by atomic mass is 10.1. The molecule has 0 aliphatic heterocycles. The SMILES string of the molecule is CCN(CC)CC[C@H](CO)NC(=O)Nc1ccc2c(c1)CCC2. The number of hydrogen-bond donors (Lipinski definition) is 3. The molecule has 0 radical (unpaired) electrons. The summed E-state index contributed by atoms with van der Waals surface area (Å²) in [6.45, 7) is 7.03. The molecular formula is C18H29N3O2. The Morgan fingerprint density at radius 1 is 1.26 bits per heavy atom. The Balaban J connectivity index is 1.82. The van der Waals surface area contributed by atoms with E-state index in [1.165, 1.54) is 17.5 Å². The molecule has 0 fully saturated rings. The van der Waals surface area contributed by atoms with Crippen LogP contribution in [0.25, 0.3) is 0 Å². The fraction of sp³-hybridized carbons (Fsp3) is 0.611. The third-order valence-electron chi connectivity index (χ3n) is 4.60. The van der Waals surface area contributed by atoms with Crippen molar-refractivity contribution in [2.75, 3.05) is 31.6 Å². The van der Waals surface area contributed by atoms with Crippen LogP contribution in [0.15, 0.2) is 18.2 Å². The predicted octanol–water partition coefficient (Wildman–Crippen LogP) is 2.39. The van der Waals surface area contributed by atoms with Gasteiger partial charge in [-0.2, -0.15) is 0 Å². The molecule has 2 amide bonds. The summed E-state index contributed by atoms with van der Waals surface area (Å²) in [6, 6.07) is 5.65. The average Bonchev–Trinajstić information content (AvgIpc) is 3.02. The van der Waals surface area contributed by atoms with Gasteiger partial charge in [0.1, 0.15) is 0 Å². The molecule has 1 aliphatic rings. The smallest absolute Gasteiger partial charge is 0.319 e. The highest BCUT2D eigenvalue weighted by atomic mass is 16.3. The van der Waals surface area contributed by atoms with E-state index in [0.29, 0.717) is 0 Å². The van der Waals surface area contributed by atoms with Crippen molar-refractivity contribution in [3.05, 3.63) is 29.3 Å². The number of amides is 2. The summed E-state index contributed by atoms with van der Waals surface area (Å²) in [4.78, 5) is 14.4. The molecule has 1 aromatic carbocycles. The first-order chi connectivity index (χ1) is 11.2. The lowest BCUT2D eigenvalue weighted by molar-refractivity contribution is 0.206. The summed E-state index contributed by atoms with van der Waals surface area (Å²) >= 11 is 0. The van der Waals surface area contributed by atoms with Crippen molar-refractivity contribution in [1.82, 2.24) is 10.2 Å². The fourth-order valence-corrected chi connectivity index (χ4v) is 3.09. The van der Waals surface area contributed by atoms with E-state index in [0.717, 1.165) is 44.6 Å². The first-order valence-corrected chi connectivity index (χ1v) is 8.68. The maximum atomic E-state index is 12.1. The first kappa shape index (κ1) is 17.8. The van der Waals surface area contributed by atoms with Gasteiger partial charge in [-0.05, 0) is 62.0 Å². The number of aryl methyl sites for hydroxylation is 2. The van der Waals surface area contributed by atoms with Crippen molar-refractivity contribution in [2.45, 2.75) is 45.6 Å². The summed E-state index contributed by atoms with van der Waals surface area (Å²) in [7, 11) is 0. The zero-order valence-corrected chi connectivity index (χ0v) is 14.3. The van der Waals surface area contributed by atoms with Crippen LogP contribution in [0.5, 0.6) is 0 Å². The van der Waals surface area contributed by atoms with Gasteiger partial charge in [0.2, 0.25) is 0 Å². The molecule has 5 heteroatoms. The molecule has 0 saturated carbocycles. The van der Waals surface area contributed by atoms with Crippen molar-refractivity contribution >= 4 is 11.7 Å². The van der Waals surface area contributed by atoms with E-state index in [4.69, 9.17) is 0 Å². The summed E-state index contributed by atoms with van der Waals surface area (Å²) in [5, 5.41) is 15.2. The maximum Gasteiger partial charge on any atom is 0.319 e. The van der Waals surface area contributed by atoms with Crippen LogP contribution in [-0.4, -0.2) is 48.3 Å². The molecule has 5 nitrogen and oxygen atoms in total. The van der Waals surface area contributed by atoms with E-state index in [9.17, 15) is 9.90 Å². The van der Waals surface area contributed by atoms with Crippen molar-refractivity contribution < 1.29 is 9.90 Å². The Kier molecular flexibility index (Phi) is 6.86. The minimum atomic E-state index is -0.249. The highest BCUT2D eigenvalue weighted by Crippen LogP contribution is 2.24. The zero-order valence-electron chi connectivity index (χ0n) is 14.3. The first-order valence-electron chi connectivity index (χ1n) is 8.68. The number of nitrogens with one attached hydrogen (secondary N) is 2. The minimum Gasteiger partial charge on any atom is -0.394 e. The molecule has 0 unspecified atom stereocenters. The maximum absolute atomic E-state index is 12.1. The highest BCUT2D eigenvalue weighted by molar-refractivity contribution is 5.89. The quantitative estimate of drug-likeness (QED) is 0.689. The third-order valence-corrected chi connectivity index (χ3v) is 4.60. The Bertz CT molecular complexity index is 515. The number of carbonyl (C=O) groups excluding carboxylic acids is 1. The second kappa shape index (κ2) is 8.89. The van der Waals surface area contributed by atoms with Gasteiger partial charge in [-0.3, -0.25) is 0 Å². The molecular weight excluding hydrogens is 290 g/mol. The number of urea groups is 1. The largest absolute Gasteiger partial charge is 0.394 e. The molecule has 0 spiro atoms. The molecule has 23 heavy (non-hydrogen) atoms. The Labute approximate surface area is 139 Å². The van der Waals surface area contributed by atoms with E-state index in [1.54, 1.807) is 0 Å². The van der Waals surface area contributed by atoms with E-state index >= 15 is 0 Å². The van der Waals surface area contributed by atoms with Crippen LogP contribution in [0, 0.1) is 0 Å². The monoisotopic (exact) mass is 319 g/mol. The Hall–Kier alpha value is -1.59. The van der Waals surface area contributed by atoms with Crippen molar-refractivity contribution in [3.8, 4) is 0 Å². The van der Waals surface area contributed by atoms with Gasteiger partial charge in [0.15, 0.2) is 0 Å². The Morgan fingerprint density at radius 3 is 2.70 bits per heavy atom. The predicted molar refractivity (Wildman–Crippen MR) is 93.9 cm³/mol. The molecule has 128 valence electrons. The molecule has 0 heterocycles. The van der Waals surface area contributed by atoms with Gasteiger partial charge in [-0.1, -0.05) is 19.9 Å². The third kappa shape index (κ3) is 5.22. The van der Waals surface area contributed by atoms with Gasteiger partial charge in [-0.15, -0.1) is 0 Å². The van der Waals surface area contributed by atoms with Crippen LogP contribution in [-0.2, 0) is 12.8 Å². The van der Waals surface area contributed by atoms with E-state index in [-0.39, 0.29) is 18.7 Å². The van der Waals surface area contributed by atoms with Crippen LogP contribution in [0.4, 0.5) is 10.5 Å². The van der Waals surface area contributed by atoms with E-state index < -0.39 is 0 Å². The number of hydrogen-bond acceptors (Lipinski definition) is 3. The summed E-state index contributed by atoms with van der Waals surface area (Å²) in [6.07, 6.45) is 4.17. The summed E-state index contributed by atoms with van der Waals surface area (Å²) in [5.74, 6) is 0. The van der Waals surface area contributed by atoms with Crippen LogP contribution in [0.1, 0.15) is 37.8 Å². The molecule has 0 saturated heterocycles. The zero-order chi connectivity index (χ0) is 16.7. The van der Waals surface area contributed by atoms with Gasteiger partial charge in [0.25, 0.3) is 0 Å². The van der Waals surface area contributed by atoms with Gasteiger partial charge in [-0.25, -0.2) is 4.79 Å². The number of carbonyl (C=O) groups is 1. The molecule has 2 rings (SSSR count). The Morgan fingerprint density at radius 2 is 2.00 bits per heavy atom. The van der Waals surface area contributed by atoms with Crippen LogP contribution >= 0.6 is 0 Å². The fourth-order valence-electron chi connectivity index (χ4n) is 3.09. The van der Waals surface area contributed by atoms with Crippen molar-refractivity contribution in [1.29, 1.82) is 0 Å². The number of aliphatic hydroxyl groups excluding tert-OH is 1. The highest BCUT2D eigenvalue weighted by Gasteiger charge is 2.14. The molecule has 1 aromatic rings. The summed E-state index contributed by atoms with van der Waals surface area (Å²) in [5.41, 5.74) is 3.55. The van der Waals surface area contributed by atoms with Crippen LogP contribution in [0.2, 0.25) is 0 Å². The van der Waals surface area contributed by atoms with Crippen molar-refractivity contribution in [3.63, 3.8) is 0 Å². The van der Waals surface area contributed by atoms with Gasteiger partial charge < -0.3 is 20.6 Å². The van der Waals surface area contributed by atoms with Crippen molar-refractivity contribution in [2.24, 2.45) is 0 Å². The van der Waals surface area contributed by atoms with E-state index in [2.05, 4.69) is 41.5 Å². The van der Waals surface area contributed by atoms with Gasteiger partial charge in [0, 0.05) is 12.2 Å². The molecule has 0 bridgehead atoms. The topological polar surface area (TPSA) is 64.6 Å².